The van der Waals surface area contributed by atoms with Crippen molar-refractivity contribution in [1.29, 1.82) is 0 Å². The molecule has 0 spiro atoms. The van der Waals surface area contributed by atoms with Crippen molar-refractivity contribution in [2.24, 2.45) is 46.3 Å². The summed E-state index contributed by atoms with van der Waals surface area (Å²) in [5, 5.41) is 0. The van der Waals surface area contributed by atoms with Crippen LogP contribution in [-0.2, 0) is 19.1 Å². The zero-order valence-electron chi connectivity index (χ0n) is 21.8. The number of esters is 2. The molecule has 4 heteroatoms. The van der Waals surface area contributed by atoms with Crippen LogP contribution in [0.15, 0.2) is 11.8 Å². The van der Waals surface area contributed by atoms with E-state index in [0.717, 1.165) is 36.4 Å². The fourth-order valence-corrected chi connectivity index (χ4v) is 8.58. The summed E-state index contributed by atoms with van der Waals surface area (Å²) in [7, 11) is 0. The van der Waals surface area contributed by atoms with Gasteiger partial charge >= 0.3 is 11.9 Å². The van der Waals surface area contributed by atoms with E-state index < -0.39 is 0 Å². The number of fused-ring (bicyclic) bond motifs is 5. The molecule has 0 radical (unpaired) electrons. The van der Waals surface area contributed by atoms with E-state index >= 15 is 0 Å². The molecule has 186 valence electrons. The summed E-state index contributed by atoms with van der Waals surface area (Å²) in [6.45, 7) is 13.5. The molecule has 3 fully saturated rings. The first-order valence-corrected chi connectivity index (χ1v) is 13.6. The lowest BCUT2D eigenvalue weighted by molar-refractivity contribution is -0.145. The second-order valence-corrected chi connectivity index (χ2v) is 12.7. The number of hydrogen-bond donors (Lipinski definition) is 0. The van der Waals surface area contributed by atoms with E-state index in [-0.39, 0.29) is 23.5 Å². The first kappa shape index (κ1) is 24.8. The molecule has 1 unspecified atom stereocenters. The van der Waals surface area contributed by atoms with Crippen LogP contribution in [0, 0.1) is 46.3 Å². The molecular weight excluding hydrogens is 412 g/mol. The first-order chi connectivity index (χ1) is 15.5. The van der Waals surface area contributed by atoms with E-state index in [2.05, 4.69) is 34.6 Å². The standard InChI is InChI=1S/C29H46O4/c1-18(2)8-7-9-19(3)23-10-11-24-22-17-27(31)33-26-16-21(32-20(4)30)12-14-29(26,6)25(22)13-15-28(23,24)5/h16,18-19,21-25H,7-15,17H2,1-6H3/t19?,21-,22-,23+,24-,25-,28+,29+/m0/s1. The Kier molecular flexibility index (Phi) is 7.05. The minimum Gasteiger partial charge on any atom is -0.458 e. The largest absolute Gasteiger partial charge is 0.458 e. The molecule has 4 rings (SSSR count). The number of ether oxygens (including phenoxy) is 2. The molecule has 2 saturated carbocycles. The molecule has 8 atom stereocenters. The molecule has 0 aromatic rings. The van der Waals surface area contributed by atoms with Crippen LogP contribution in [-0.4, -0.2) is 18.0 Å². The van der Waals surface area contributed by atoms with Crippen LogP contribution >= 0.6 is 0 Å². The third-order valence-corrected chi connectivity index (χ3v) is 10.2. The van der Waals surface area contributed by atoms with Crippen molar-refractivity contribution in [2.45, 2.75) is 112 Å². The third-order valence-electron chi connectivity index (χ3n) is 10.2. The van der Waals surface area contributed by atoms with Gasteiger partial charge in [-0.2, -0.15) is 0 Å². The predicted octanol–water partition coefficient (Wildman–Crippen LogP) is 7.07. The molecule has 3 aliphatic carbocycles. The maximum atomic E-state index is 13.0. The molecule has 33 heavy (non-hydrogen) atoms. The Balaban J connectivity index is 1.55. The Hall–Kier alpha value is -1.32. The van der Waals surface area contributed by atoms with Crippen LogP contribution in [0.25, 0.3) is 0 Å². The van der Waals surface area contributed by atoms with Crippen LogP contribution < -0.4 is 0 Å². The van der Waals surface area contributed by atoms with E-state index in [0.29, 0.717) is 29.6 Å². The van der Waals surface area contributed by atoms with Crippen molar-refractivity contribution in [1.82, 2.24) is 0 Å². The van der Waals surface area contributed by atoms with Crippen molar-refractivity contribution in [3.63, 3.8) is 0 Å². The molecular formula is C29H46O4. The Bertz CT molecular complexity index is 784. The quantitative estimate of drug-likeness (QED) is 0.399. The summed E-state index contributed by atoms with van der Waals surface area (Å²) < 4.78 is 11.4. The average molecular weight is 459 g/mol. The molecule has 1 saturated heterocycles. The molecule has 0 aromatic heterocycles. The smallest absolute Gasteiger partial charge is 0.311 e. The van der Waals surface area contributed by atoms with Gasteiger partial charge in [0, 0.05) is 18.8 Å². The van der Waals surface area contributed by atoms with Crippen molar-refractivity contribution in [2.75, 3.05) is 0 Å². The normalized spacial score (nSPS) is 41.2. The van der Waals surface area contributed by atoms with Crippen molar-refractivity contribution >= 4 is 11.9 Å². The lowest BCUT2D eigenvalue weighted by atomic mass is 9.50. The topological polar surface area (TPSA) is 52.6 Å². The van der Waals surface area contributed by atoms with E-state index in [9.17, 15) is 9.59 Å². The summed E-state index contributed by atoms with van der Waals surface area (Å²) in [5.41, 5.74) is 0.216. The van der Waals surface area contributed by atoms with Gasteiger partial charge in [-0.3, -0.25) is 9.59 Å². The molecule has 1 aliphatic heterocycles. The highest BCUT2D eigenvalue weighted by molar-refractivity contribution is 5.72. The maximum absolute atomic E-state index is 13.0. The highest BCUT2D eigenvalue weighted by Crippen LogP contribution is 2.66. The Labute approximate surface area is 201 Å². The van der Waals surface area contributed by atoms with Gasteiger partial charge in [-0.25, -0.2) is 0 Å². The van der Waals surface area contributed by atoms with Gasteiger partial charge in [0.1, 0.15) is 11.9 Å². The van der Waals surface area contributed by atoms with Gasteiger partial charge in [-0.05, 0) is 85.5 Å². The van der Waals surface area contributed by atoms with Gasteiger partial charge in [0.25, 0.3) is 0 Å². The zero-order chi connectivity index (χ0) is 24.0. The van der Waals surface area contributed by atoms with E-state index in [4.69, 9.17) is 9.47 Å². The minimum atomic E-state index is -0.272. The van der Waals surface area contributed by atoms with Crippen LogP contribution in [0.2, 0.25) is 0 Å². The number of carbonyl (C=O) groups is 2. The van der Waals surface area contributed by atoms with Gasteiger partial charge < -0.3 is 9.47 Å². The summed E-state index contributed by atoms with van der Waals surface area (Å²) in [4.78, 5) is 24.5. The van der Waals surface area contributed by atoms with Crippen molar-refractivity contribution < 1.29 is 19.1 Å². The highest BCUT2D eigenvalue weighted by atomic mass is 16.6. The van der Waals surface area contributed by atoms with Gasteiger partial charge in [0.15, 0.2) is 0 Å². The fraction of sp³-hybridized carbons (Fsp3) is 0.862. The molecule has 0 N–H and O–H groups in total. The number of rotatable bonds is 6. The van der Waals surface area contributed by atoms with Crippen LogP contribution in [0.4, 0.5) is 0 Å². The summed E-state index contributed by atoms with van der Waals surface area (Å²) in [6.07, 6.45) is 13.0. The number of allylic oxidation sites excluding steroid dienone is 1. The molecule has 0 bridgehead atoms. The lowest BCUT2D eigenvalue weighted by Gasteiger charge is -2.54. The third kappa shape index (κ3) is 4.65. The Morgan fingerprint density at radius 3 is 2.55 bits per heavy atom. The van der Waals surface area contributed by atoms with Gasteiger partial charge in [0.05, 0.1) is 0 Å². The Morgan fingerprint density at radius 1 is 1.09 bits per heavy atom. The van der Waals surface area contributed by atoms with Gasteiger partial charge in [0.2, 0.25) is 0 Å². The van der Waals surface area contributed by atoms with Crippen molar-refractivity contribution in [3.8, 4) is 0 Å². The van der Waals surface area contributed by atoms with E-state index in [1.807, 2.05) is 6.08 Å². The van der Waals surface area contributed by atoms with Crippen LogP contribution in [0.1, 0.15) is 106 Å². The first-order valence-electron chi connectivity index (χ1n) is 13.6. The zero-order valence-corrected chi connectivity index (χ0v) is 21.8. The predicted molar refractivity (Wildman–Crippen MR) is 130 cm³/mol. The van der Waals surface area contributed by atoms with Crippen LogP contribution in [0.3, 0.4) is 0 Å². The summed E-state index contributed by atoms with van der Waals surface area (Å²) in [6, 6.07) is 0. The highest BCUT2D eigenvalue weighted by Gasteiger charge is 2.60. The van der Waals surface area contributed by atoms with E-state index in [1.54, 1.807) is 0 Å². The number of carbonyl (C=O) groups excluding carboxylic acids is 2. The lowest BCUT2D eigenvalue weighted by Crippen LogP contribution is -2.48. The van der Waals surface area contributed by atoms with Crippen LogP contribution in [0.5, 0.6) is 0 Å². The summed E-state index contributed by atoms with van der Waals surface area (Å²) in [5.74, 6) is 4.24. The minimum absolute atomic E-state index is 0.0823. The molecule has 4 nitrogen and oxygen atoms in total. The second kappa shape index (κ2) is 9.38. The SMILES string of the molecule is CC(=O)O[C@@H]1C=C2OC(=O)C[C@H]3[C@@H]4CC[C@H](C(C)CCCC(C)C)[C@@]4(C)CC[C@@H]3[C@@]2(C)CC1. The monoisotopic (exact) mass is 458 g/mol. The maximum Gasteiger partial charge on any atom is 0.311 e. The number of hydrogen-bond acceptors (Lipinski definition) is 4. The Morgan fingerprint density at radius 2 is 1.85 bits per heavy atom. The van der Waals surface area contributed by atoms with Crippen molar-refractivity contribution in [3.05, 3.63) is 11.8 Å². The molecule has 1 heterocycles. The van der Waals surface area contributed by atoms with Gasteiger partial charge in [-0.1, -0.05) is 53.9 Å². The van der Waals surface area contributed by atoms with E-state index in [1.165, 1.54) is 51.9 Å². The second-order valence-electron chi connectivity index (χ2n) is 12.7. The molecule has 0 aromatic carbocycles. The molecule has 4 aliphatic rings. The fourth-order valence-electron chi connectivity index (χ4n) is 8.58. The summed E-state index contributed by atoms with van der Waals surface area (Å²) >= 11 is 0. The average Bonchev–Trinajstić information content (AvgIpc) is 3.02. The van der Waals surface area contributed by atoms with Gasteiger partial charge in [-0.15, -0.1) is 0 Å². The molecule has 0 amide bonds.